The van der Waals surface area contributed by atoms with Crippen molar-refractivity contribution in [2.45, 2.75) is 46.0 Å². The van der Waals surface area contributed by atoms with Crippen LogP contribution in [0.4, 0.5) is 5.00 Å². The van der Waals surface area contributed by atoms with Gasteiger partial charge in [0, 0.05) is 17.0 Å². The van der Waals surface area contributed by atoms with E-state index >= 15 is 0 Å². The molecule has 0 aliphatic heterocycles. The van der Waals surface area contributed by atoms with E-state index in [1.807, 2.05) is 80.8 Å². The third kappa shape index (κ3) is 5.92. The van der Waals surface area contributed by atoms with Gasteiger partial charge in [0.25, 0.3) is 0 Å². The second kappa shape index (κ2) is 12.3. The minimum atomic E-state index is -0.490. The molecule has 4 aromatic rings. The highest BCUT2D eigenvalue weighted by Gasteiger charge is 2.25. The monoisotopic (exact) mass is 550 g/mol. The fraction of sp³-hybridized carbons (Fsp3) is 0.286. The maximum Gasteiger partial charge on any atom is 0.341 e. The largest absolute Gasteiger partial charge is 0.485 e. The van der Waals surface area contributed by atoms with Crippen molar-refractivity contribution in [2.24, 2.45) is 0 Å². The summed E-state index contributed by atoms with van der Waals surface area (Å²) >= 11 is 2.64. The minimum Gasteiger partial charge on any atom is -0.485 e. The molecule has 4 rings (SSSR count). The van der Waals surface area contributed by atoms with Crippen LogP contribution in [0.1, 0.15) is 39.1 Å². The molecule has 0 aliphatic rings. The van der Waals surface area contributed by atoms with Crippen molar-refractivity contribution < 1.29 is 19.1 Å². The van der Waals surface area contributed by atoms with E-state index in [1.165, 1.54) is 30.2 Å². The lowest BCUT2D eigenvalue weighted by Crippen LogP contribution is -2.16. The molecule has 0 aliphatic carbocycles. The summed E-state index contributed by atoms with van der Waals surface area (Å²) in [6, 6.07) is 15.5. The van der Waals surface area contributed by atoms with Crippen molar-refractivity contribution in [3.8, 4) is 16.9 Å². The van der Waals surface area contributed by atoms with Crippen molar-refractivity contribution >= 4 is 40.0 Å². The number of ether oxygens (including phenoxy) is 2. The topological polar surface area (TPSA) is 95.3 Å². The summed E-state index contributed by atoms with van der Waals surface area (Å²) in [4.78, 5) is 26.5. The molecular weight excluding hydrogens is 520 g/mol. The smallest absolute Gasteiger partial charge is 0.341 e. The van der Waals surface area contributed by atoms with E-state index in [9.17, 15) is 9.59 Å². The molecule has 0 atom stereocenters. The number of thioether (sulfide) groups is 1. The van der Waals surface area contributed by atoms with Crippen molar-refractivity contribution in [2.75, 3.05) is 18.2 Å². The number of rotatable bonds is 10. The number of hydrogen-bond donors (Lipinski definition) is 1. The number of methoxy groups -OCH3 is 1. The zero-order valence-corrected chi connectivity index (χ0v) is 23.7. The Labute approximate surface area is 230 Å². The van der Waals surface area contributed by atoms with E-state index in [0.29, 0.717) is 28.1 Å². The van der Waals surface area contributed by atoms with Gasteiger partial charge in [0.2, 0.25) is 5.91 Å². The van der Waals surface area contributed by atoms with E-state index in [-0.39, 0.29) is 18.3 Å². The Kier molecular flexibility index (Phi) is 8.85. The van der Waals surface area contributed by atoms with Gasteiger partial charge in [-0.15, -0.1) is 21.5 Å². The number of carbonyl (C=O) groups is 2. The Morgan fingerprint density at radius 1 is 1.05 bits per heavy atom. The maximum atomic E-state index is 12.9. The highest BCUT2D eigenvalue weighted by Crippen LogP contribution is 2.40. The summed E-state index contributed by atoms with van der Waals surface area (Å²) < 4.78 is 13.0. The molecule has 0 spiro atoms. The number of thiophene rings is 1. The third-order valence-electron chi connectivity index (χ3n) is 6.14. The van der Waals surface area contributed by atoms with Gasteiger partial charge in [-0.2, -0.15) is 0 Å². The van der Waals surface area contributed by atoms with Crippen LogP contribution < -0.4 is 10.1 Å². The standard InChI is InChI=1S/C28H30N4O4S2/c1-6-32-22(15-36-21-14-10-11-17(2)18(21)3)30-31-28(32)37-16-23(33)29-26-25(27(34)35-5)24(19(4)38-26)20-12-8-7-9-13-20/h7-14H,6,15-16H2,1-5H3,(H,29,33). The predicted molar refractivity (Wildman–Crippen MR) is 151 cm³/mol. The van der Waals surface area contributed by atoms with Crippen LogP contribution >= 0.6 is 23.1 Å². The van der Waals surface area contributed by atoms with Crippen LogP contribution in [0.3, 0.4) is 0 Å². The van der Waals surface area contributed by atoms with Gasteiger partial charge in [-0.05, 0) is 50.5 Å². The zero-order valence-electron chi connectivity index (χ0n) is 22.0. The number of esters is 1. The number of carbonyl (C=O) groups excluding carboxylic acids is 2. The molecule has 0 radical (unpaired) electrons. The fourth-order valence-corrected chi connectivity index (χ4v) is 5.95. The van der Waals surface area contributed by atoms with Gasteiger partial charge in [0.15, 0.2) is 11.0 Å². The van der Waals surface area contributed by atoms with Crippen molar-refractivity contribution in [1.29, 1.82) is 0 Å². The molecule has 0 saturated heterocycles. The summed E-state index contributed by atoms with van der Waals surface area (Å²) in [6.45, 7) is 8.91. The molecule has 198 valence electrons. The first-order chi connectivity index (χ1) is 18.3. The van der Waals surface area contributed by atoms with Crippen molar-refractivity contribution in [3.05, 3.63) is 75.9 Å². The van der Waals surface area contributed by atoms with E-state index in [2.05, 4.69) is 15.5 Å². The lowest BCUT2D eigenvalue weighted by atomic mass is 10.0. The molecule has 8 nitrogen and oxygen atoms in total. The van der Waals surface area contributed by atoms with Crippen LogP contribution in [-0.4, -0.2) is 39.5 Å². The van der Waals surface area contributed by atoms with Gasteiger partial charge in [-0.25, -0.2) is 4.79 Å². The SMILES string of the molecule is CCn1c(COc2cccc(C)c2C)nnc1SCC(=O)Nc1sc(C)c(-c2ccccc2)c1C(=O)OC. The van der Waals surface area contributed by atoms with E-state index < -0.39 is 5.97 Å². The Morgan fingerprint density at radius 3 is 2.53 bits per heavy atom. The summed E-state index contributed by atoms with van der Waals surface area (Å²) in [6.07, 6.45) is 0. The van der Waals surface area contributed by atoms with Gasteiger partial charge >= 0.3 is 5.97 Å². The minimum absolute atomic E-state index is 0.105. The summed E-state index contributed by atoms with van der Waals surface area (Å²) in [7, 11) is 1.34. The first kappa shape index (κ1) is 27.4. The van der Waals surface area contributed by atoms with Crippen LogP contribution in [-0.2, 0) is 22.7 Å². The molecule has 10 heteroatoms. The first-order valence-corrected chi connectivity index (χ1v) is 13.9. The van der Waals surface area contributed by atoms with Gasteiger partial charge in [-0.1, -0.05) is 54.2 Å². The molecule has 0 unspecified atom stereocenters. The molecule has 0 bridgehead atoms. The number of nitrogens with one attached hydrogen (secondary N) is 1. The van der Waals surface area contributed by atoms with Gasteiger partial charge in [-0.3, -0.25) is 4.79 Å². The first-order valence-electron chi connectivity index (χ1n) is 12.1. The number of aryl methyl sites for hydroxylation is 2. The highest BCUT2D eigenvalue weighted by molar-refractivity contribution is 7.99. The number of nitrogens with zero attached hydrogens (tertiary/aromatic N) is 3. The van der Waals surface area contributed by atoms with Crippen LogP contribution in [0.25, 0.3) is 11.1 Å². The number of anilines is 1. The van der Waals surface area contributed by atoms with Gasteiger partial charge < -0.3 is 19.4 Å². The van der Waals surface area contributed by atoms with Crippen LogP contribution in [0.5, 0.6) is 5.75 Å². The number of benzene rings is 2. The van der Waals surface area contributed by atoms with E-state index in [4.69, 9.17) is 9.47 Å². The molecular formula is C28H30N4O4S2. The van der Waals surface area contributed by atoms with E-state index in [1.54, 1.807) is 0 Å². The summed E-state index contributed by atoms with van der Waals surface area (Å²) in [5, 5.41) is 12.6. The lowest BCUT2D eigenvalue weighted by Gasteiger charge is -2.12. The van der Waals surface area contributed by atoms with Crippen LogP contribution in [0.2, 0.25) is 0 Å². The lowest BCUT2D eigenvalue weighted by molar-refractivity contribution is -0.113. The van der Waals surface area contributed by atoms with E-state index in [0.717, 1.165) is 32.9 Å². The summed E-state index contributed by atoms with van der Waals surface area (Å²) in [5.41, 5.74) is 4.27. The summed E-state index contributed by atoms with van der Waals surface area (Å²) in [5.74, 6) is 0.862. The molecule has 0 fully saturated rings. The van der Waals surface area contributed by atoms with Gasteiger partial charge in [0.1, 0.15) is 22.9 Å². The zero-order chi connectivity index (χ0) is 27.2. The average Bonchev–Trinajstić information content (AvgIpc) is 3.47. The molecule has 38 heavy (non-hydrogen) atoms. The molecule has 2 aromatic carbocycles. The average molecular weight is 551 g/mol. The molecule has 1 amide bonds. The van der Waals surface area contributed by atoms with Crippen molar-refractivity contribution in [1.82, 2.24) is 14.8 Å². The normalized spacial score (nSPS) is 10.9. The van der Waals surface area contributed by atoms with Crippen LogP contribution in [0, 0.1) is 20.8 Å². The van der Waals surface area contributed by atoms with Crippen LogP contribution in [0.15, 0.2) is 53.7 Å². The maximum absolute atomic E-state index is 12.9. The Balaban J connectivity index is 1.46. The Hall–Kier alpha value is -3.63. The number of hydrogen-bond acceptors (Lipinski definition) is 8. The van der Waals surface area contributed by atoms with Gasteiger partial charge in [0.05, 0.1) is 12.9 Å². The number of aromatic nitrogens is 3. The molecule has 2 heterocycles. The molecule has 2 aromatic heterocycles. The Morgan fingerprint density at radius 2 is 1.82 bits per heavy atom. The number of amides is 1. The highest BCUT2D eigenvalue weighted by atomic mass is 32.2. The fourth-order valence-electron chi connectivity index (χ4n) is 4.05. The molecule has 1 N–H and O–H groups in total. The third-order valence-corrected chi connectivity index (χ3v) is 8.13. The predicted octanol–water partition coefficient (Wildman–Crippen LogP) is 6.05. The second-order valence-corrected chi connectivity index (χ2v) is 10.7. The van der Waals surface area contributed by atoms with Crippen molar-refractivity contribution in [3.63, 3.8) is 0 Å². The Bertz CT molecular complexity index is 1450. The quantitative estimate of drug-likeness (QED) is 0.190. The second-order valence-electron chi connectivity index (χ2n) is 8.56. The molecule has 0 saturated carbocycles.